The molecule has 24 heavy (non-hydrogen) atoms. The van der Waals surface area contributed by atoms with Crippen molar-refractivity contribution in [3.8, 4) is 5.75 Å². The minimum atomic E-state index is -0.102. The standard InChI is InChI=1S/C18H28N4O2/c1-2-21-9-11-22(12-10-21)8-7-19-18(23)20-16-13-15-5-3-4-6-17(15)24-14-16/h3-6,16H,2,7-14H2,1H3,(H2,19,20,23). The van der Waals surface area contributed by atoms with Gasteiger partial charge in [0.2, 0.25) is 0 Å². The molecule has 6 heteroatoms. The second-order valence-electron chi connectivity index (χ2n) is 6.50. The van der Waals surface area contributed by atoms with Gasteiger partial charge in [0.25, 0.3) is 0 Å². The minimum Gasteiger partial charge on any atom is -0.491 e. The van der Waals surface area contributed by atoms with E-state index in [0.29, 0.717) is 13.2 Å². The maximum Gasteiger partial charge on any atom is 0.315 e. The first kappa shape index (κ1) is 17.0. The molecule has 0 saturated carbocycles. The molecule has 2 amide bonds. The van der Waals surface area contributed by atoms with Crippen LogP contribution in [0.5, 0.6) is 5.75 Å². The van der Waals surface area contributed by atoms with Crippen LogP contribution < -0.4 is 15.4 Å². The Morgan fingerprint density at radius 2 is 1.96 bits per heavy atom. The minimum absolute atomic E-state index is 0.0352. The molecule has 0 spiro atoms. The van der Waals surface area contributed by atoms with Crippen LogP contribution in [0.25, 0.3) is 0 Å². The molecule has 0 aliphatic carbocycles. The fourth-order valence-corrected chi connectivity index (χ4v) is 3.31. The Bertz CT molecular complexity index is 544. The summed E-state index contributed by atoms with van der Waals surface area (Å²) in [7, 11) is 0. The fraction of sp³-hybridized carbons (Fsp3) is 0.611. The van der Waals surface area contributed by atoms with Crippen molar-refractivity contribution < 1.29 is 9.53 Å². The molecule has 0 bridgehead atoms. The quantitative estimate of drug-likeness (QED) is 0.842. The summed E-state index contributed by atoms with van der Waals surface area (Å²) in [4.78, 5) is 16.9. The molecule has 1 aromatic rings. The number of amides is 2. The van der Waals surface area contributed by atoms with Crippen LogP contribution in [-0.4, -0.2) is 74.3 Å². The Morgan fingerprint density at radius 3 is 2.75 bits per heavy atom. The lowest BCUT2D eigenvalue weighted by Gasteiger charge is -2.34. The van der Waals surface area contributed by atoms with Crippen LogP contribution in [0.1, 0.15) is 12.5 Å². The van der Waals surface area contributed by atoms with E-state index in [0.717, 1.165) is 57.0 Å². The third-order valence-corrected chi connectivity index (χ3v) is 4.84. The van der Waals surface area contributed by atoms with E-state index in [-0.39, 0.29) is 12.1 Å². The molecule has 2 N–H and O–H groups in total. The first-order valence-electron chi connectivity index (χ1n) is 8.94. The van der Waals surface area contributed by atoms with E-state index in [1.54, 1.807) is 0 Å². The number of carbonyl (C=O) groups is 1. The SMILES string of the molecule is CCN1CCN(CCNC(=O)NC2COc3ccccc3C2)CC1. The van der Waals surface area contributed by atoms with Crippen LogP contribution in [0.3, 0.4) is 0 Å². The number of likely N-dealkylation sites (N-methyl/N-ethyl adjacent to an activating group) is 1. The average molecular weight is 332 g/mol. The van der Waals surface area contributed by atoms with Gasteiger partial charge in [-0.1, -0.05) is 25.1 Å². The second-order valence-corrected chi connectivity index (χ2v) is 6.50. The number of hydrogen-bond acceptors (Lipinski definition) is 4. The van der Waals surface area contributed by atoms with Crippen LogP contribution in [-0.2, 0) is 6.42 Å². The van der Waals surface area contributed by atoms with Crippen molar-refractivity contribution in [2.24, 2.45) is 0 Å². The molecule has 3 rings (SSSR count). The predicted octanol–water partition coefficient (Wildman–Crippen LogP) is 0.927. The van der Waals surface area contributed by atoms with Gasteiger partial charge in [-0.05, 0) is 24.6 Å². The lowest BCUT2D eigenvalue weighted by Crippen LogP contribution is -2.50. The van der Waals surface area contributed by atoms with Crippen LogP contribution >= 0.6 is 0 Å². The van der Waals surface area contributed by atoms with Crippen molar-refractivity contribution in [3.05, 3.63) is 29.8 Å². The number of nitrogens with zero attached hydrogens (tertiary/aromatic N) is 2. The van der Waals surface area contributed by atoms with Crippen LogP contribution in [0, 0.1) is 0 Å². The number of hydrogen-bond donors (Lipinski definition) is 2. The molecule has 6 nitrogen and oxygen atoms in total. The molecule has 132 valence electrons. The van der Waals surface area contributed by atoms with Gasteiger partial charge in [0.15, 0.2) is 0 Å². The van der Waals surface area contributed by atoms with Gasteiger partial charge >= 0.3 is 6.03 Å². The van der Waals surface area contributed by atoms with E-state index in [4.69, 9.17) is 4.74 Å². The van der Waals surface area contributed by atoms with Crippen molar-refractivity contribution in [1.82, 2.24) is 20.4 Å². The summed E-state index contributed by atoms with van der Waals surface area (Å²) < 4.78 is 5.70. The van der Waals surface area contributed by atoms with Crippen molar-refractivity contribution in [1.29, 1.82) is 0 Å². The van der Waals surface area contributed by atoms with E-state index in [9.17, 15) is 4.79 Å². The first-order chi connectivity index (χ1) is 11.7. The number of piperazine rings is 1. The summed E-state index contributed by atoms with van der Waals surface area (Å²) in [5.41, 5.74) is 1.16. The monoisotopic (exact) mass is 332 g/mol. The third kappa shape index (κ3) is 4.61. The molecule has 1 fully saturated rings. The Kier molecular flexibility index (Phi) is 5.93. The van der Waals surface area contributed by atoms with Gasteiger partial charge in [-0.25, -0.2) is 4.79 Å². The Morgan fingerprint density at radius 1 is 1.21 bits per heavy atom. The van der Waals surface area contributed by atoms with E-state index < -0.39 is 0 Å². The number of nitrogens with one attached hydrogen (secondary N) is 2. The molecule has 1 unspecified atom stereocenters. The number of benzene rings is 1. The highest BCUT2D eigenvalue weighted by Gasteiger charge is 2.21. The zero-order valence-corrected chi connectivity index (χ0v) is 14.5. The number of rotatable bonds is 5. The zero-order chi connectivity index (χ0) is 16.8. The second kappa shape index (κ2) is 8.35. The van der Waals surface area contributed by atoms with E-state index in [1.807, 2.05) is 18.2 Å². The Labute approximate surface area is 144 Å². The molecule has 2 aliphatic rings. The van der Waals surface area contributed by atoms with Gasteiger partial charge in [0, 0.05) is 39.3 Å². The van der Waals surface area contributed by atoms with E-state index in [1.165, 1.54) is 0 Å². The number of ether oxygens (including phenoxy) is 1. The van der Waals surface area contributed by atoms with Crippen LogP contribution in [0.15, 0.2) is 24.3 Å². The lowest BCUT2D eigenvalue weighted by molar-refractivity contribution is 0.138. The molecular formula is C18H28N4O2. The number of para-hydroxylation sites is 1. The van der Waals surface area contributed by atoms with Gasteiger partial charge < -0.3 is 20.3 Å². The Balaban J connectivity index is 1.33. The van der Waals surface area contributed by atoms with E-state index in [2.05, 4.69) is 33.4 Å². The Hall–Kier alpha value is -1.79. The van der Waals surface area contributed by atoms with Crippen molar-refractivity contribution in [2.75, 3.05) is 52.4 Å². The zero-order valence-electron chi connectivity index (χ0n) is 14.5. The number of urea groups is 1. The largest absolute Gasteiger partial charge is 0.491 e. The van der Waals surface area contributed by atoms with Gasteiger partial charge in [-0.2, -0.15) is 0 Å². The topological polar surface area (TPSA) is 56.8 Å². The number of carbonyl (C=O) groups excluding carboxylic acids is 1. The van der Waals surface area contributed by atoms with Gasteiger partial charge in [0.1, 0.15) is 12.4 Å². The highest BCUT2D eigenvalue weighted by Crippen LogP contribution is 2.23. The summed E-state index contributed by atoms with van der Waals surface area (Å²) >= 11 is 0. The maximum absolute atomic E-state index is 12.1. The molecule has 0 aromatic heterocycles. The van der Waals surface area contributed by atoms with Crippen LogP contribution in [0.2, 0.25) is 0 Å². The summed E-state index contributed by atoms with van der Waals surface area (Å²) in [6.07, 6.45) is 0.822. The van der Waals surface area contributed by atoms with Crippen molar-refractivity contribution in [2.45, 2.75) is 19.4 Å². The van der Waals surface area contributed by atoms with Gasteiger partial charge in [0.05, 0.1) is 6.04 Å². The molecule has 2 aliphatic heterocycles. The highest BCUT2D eigenvalue weighted by molar-refractivity contribution is 5.74. The maximum atomic E-state index is 12.1. The summed E-state index contributed by atoms with van der Waals surface area (Å²) in [5.74, 6) is 0.933. The number of fused-ring (bicyclic) bond motifs is 1. The van der Waals surface area contributed by atoms with Gasteiger partial charge in [-0.3, -0.25) is 4.90 Å². The smallest absolute Gasteiger partial charge is 0.315 e. The van der Waals surface area contributed by atoms with Crippen molar-refractivity contribution in [3.63, 3.8) is 0 Å². The average Bonchev–Trinajstić information content (AvgIpc) is 2.62. The molecule has 0 radical (unpaired) electrons. The molecule has 1 aromatic carbocycles. The third-order valence-electron chi connectivity index (χ3n) is 4.84. The normalized spacial score (nSPS) is 21.6. The van der Waals surface area contributed by atoms with Crippen LogP contribution in [0.4, 0.5) is 4.79 Å². The summed E-state index contributed by atoms with van der Waals surface area (Å²) in [5, 5.41) is 5.98. The van der Waals surface area contributed by atoms with Crippen molar-refractivity contribution >= 4 is 6.03 Å². The lowest BCUT2D eigenvalue weighted by atomic mass is 10.0. The van der Waals surface area contributed by atoms with Gasteiger partial charge in [-0.15, -0.1) is 0 Å². The van der Waals surface area contributed by atoms with E-state index >= 15 is 0 Å². The molecular weight excluding hydrogens is 304 g/mol. The molecule has 1 saturated heterocycles. The summed E-state index contributed by atoms with van der Waals surface area (Å²) in [6, 6.07) is 7.94. The predicted molar refractivity (Wildman–Crippen MR) is 94.5 cm³/mol. The molecule has 1 atom stereocenters. The first-order valence-corrected chi connectivity index (χ1v) is 8.94. The molecule has 2 heterocycles. The fourth-order valence-electron chi connectivity index (χ4n) is 3.31. The highest BCUT2D eigenvalue weighted by atomic mass is 16.5. The summed E-state index contributed by atoms with van der Waals surface area (Å²) in [6.45, 7) is 9.88.